The Balaban J connectivity index is 1.52. The first-order valence-electron chi connectivity index (χ1n) is 22.2. The third-order valence-electron chi connectivity index (χ3n) is 10.8. The molecule has 0 radical (unpaired) electrons. The molecule has 2 aliphatic rings. The summed E-state index contributed by atoms with van der Waals surface area (Å²) in [7, 11) is 0. The number of unbranched alkanes of at least 4 members (excludes halogenated alkanes) is 1. The van der Waals surface area contributed by atoms with Gasteiger partial charge in [0.15, 0.2) is 0 Å². The summed E-state index contributed by atoms with van der Waals surface area (Å²) in [5.41, 5.74) is 0.196. The number of benzene rings is 2. The number of ether oxygens (including phenoxy) is 2. The fourth-order valence-corrected chi connectivity index (χ4v) is 7.74. The molecule has 2 aliphatic heterocycles. The van der Waals surface area contributed by atoms with Crippen molar-refractivity contribution in [3.63, 3.8) is 0 Å². The second-order valence-electron chi connectivity index (χ2n) is 19.3. The SMILES string of the molecule is CC(C)CC(NC(=O)[C@@H](Cc1ccccc1)NC(=O)[C@@H](Cc1ccccc1)NC(=O)OC(C)(C)C)C(=O)N[C@H](CCCCNC(=O)OC(C)(C)C)C(=O)N1CC2(CCNCC2)C1. The second kappa shape index (κ2) is 22.8. The molecule has 2 aromatic carbocycles. The van der Waals surface area contributed by atoms with E-state index in [4.69, 9.17) is 9.47 Å². The molecule has 2 saturated heterocycles. The standard InChI is InChI=1S/C47H71N7O8/c1-32(2)27-36(39(55)50-35(21-15-16-24-49-43(59)61-45(3,4)5)42(58)54-30-47(31-54)22-25-48-26-23-47)51-40(56)37(28-33-17-11-9-12-18-33)52-41(57)38(29-34-19-13-10-14-20-34)53-44(60)62-46(6,7)8/h9-14,17-20,32,35-38,48H,15-16,21-31H2,1-8H3,(H,49,59)(H,50,55)(H,51,56)(H,52,57)(H,53,60)/t35-,36?,37-,38-/m1/s1. The van der Waals surface area contributed by atoms with Crippen molar-refractivity contribution in [3.05, 3.63) is 71.8 Å². The van der Waals surface area contributed by atoms with Crippen LogP contribution in [-0.4, -0.2) is 109 Å². The second-order valence-corrected chi connectivity index (χ2v) is 19.3. The first-order chi connectivity index (χ1) is 29.2. The van der Waals surface area contributed by atoms with Crippen LogP contribution in [0.3, 0.4) is 0 Å². The van der Waals surface area contributed by atoms with Crippen LogP contribution < -0.4 is 31.9 Å². The maximum atomic E-state index is 14.4. The van der Waals surface area contributed by atoms with Gasteiger partial charge in [-0.15, -0.1) is 0 Å². The third kappa shape index (κ3) is 16.9. The molecular weight excluding hydrogens is 791 g/mol. The van der Waals surface area contributed by atoms with E-state index in [2.05, 4.69) is 31.9 Å². The van der Waals surface area contributed by atoms with E-state index in [9.17, 15) is 28.8 Å². The van der Waals surface area contributed by atoms with Gasteiger partial charge < -0.3 is 46.3 Å². The predicted octanol–water partition coefficient (Wildman–Crippen LogP) is 4.77. The smallest absolute Gasteiger partial charge is 0.408 e. The number of amides is 6. The van der Waals surface area contributed by atoms with Crippen LogP contribution in [0.2, 0.25) is 0 Å². The number of nitrogens with zero attached hydrogens (tertiary/aromatic N) is 1. The molecule has 6 N–H and O–H groups in total. The molecule has 0 aromatic heterocycles. The Morgan fingerprint density at radius 1 is 0.645 bits per heavy atom. The zero-order valence-corrected chi connectivity index (χ0v) is 38.1. The van der Waals surface area contributed by atoms with E-state index in [0.29, 0.717) is 38.9 Å². The van der Waals surface area contributed by atoms with Gasteiger partial charge in [-0.05, 0) is 110 Å². The molecular formula is C47H71N7O8. The fraction of sp³-hybridized carbons (Fsp3) is 0.617. The first kappa shape index (κ1) is 49.5. The number of piperidine rings is 1. The summed E-state index contributed by atoms with van der Waals surface area (Å²) in [6.07, 6.45) is 2.57. The van der Waals surface area contributed by atoms with Crippen LogP contribution in [0.25, 0.3) is 0 Å². The third-order valence-corrected chi connectivity index (χ3v) is 10.8. The Hall–Kier alpha value is -5.18. The zero-order valence-electron chi connectivity index (χ0n) is 38.1. The summed E-state index contributed by atoms with van der Waals surface area (Å²) in [6.45, 7) is 17.8. The van der Waals surface area contributed by atoms with E-state index < -0.39 is 65.3 Å². The first-order valence-corrected chi connectivity index (χ1v) is 22.2. The molecule has 0 bridgehead atoms. The highest BCUT2D eigenvalue weighted by Crippen LogP contribution is 2.39. The van der Waals surface area contributed by atoms with Gasteiger partial charge in [0.05, 0.1) is 0 Å². The molecule has 1 unspecified atom stereocenters. The van der Waals surface area contributed by atoms with E-state index in [1.807, 2.05) is 79.4 Å². The molecule has 2 aromatic rings. The van der Waals surface area contributed by atoms with Crippen LogP contribution in [0.1, 0.15) is 105 Å². The Labute approximate surface area is 368 Å². The minimum Gasteiger partial charge on any atom is -0.444 e. The summed E-state index contributed by atoms with van der Waals surface area (Å²) in [6, 6.07) is 14.3. The summed E-state index contributed by atoms with van der Waals surface area (Å²) in [5, 5.41) is 17.6. The van der Waals surface area contributed by atoms with Crippen LogP contribution in [0, 0.1) is 11.3 Å². The van der Waals surface area contributed by atoms with Gasteiger partial charge in [-0.2, -0.15) is 0 Å². The lowest BCUT2D eigenvalue weighted by atomic mass is 9.72. The molecule has 0 saturated carbocycles. The molecule has 4 rings (SSSR count). The molecule has 1 spiro atoms. The summed E-state index contributed by atoms with van der Waals surface area (Å²) < 4.78 is 10.8. The van der Waals surface area contributed by atoms with Gasteiger partial charge in [0, 0.05) is 37.9 Å². The van der Waals surface area contributed by atoms with Crippen molar-refractivity contribution in [2.24, 2.45) is 11.3 Å². The highest BCUT2D eigenvalue weighted by Gasteiger charge is 2.47. The number of alkyl carbamates (subject to hydrolysis) is 2. The van der Waals surface area contributed by atoms with Gasteiger partial charge in [0.25, 0.3) is 0 Å². The number of nitrogens with one attached hydrogen (secondary N) is 6. The average Bonchev–Trinajstić information content (AvgIpc) is 3.17. The average molecular weight is 862 g/mol. The minimum absolute atomic E-state index is 0.0234. The minimum atomic E-state index is -1.14. The van der Waals surface area contributed by atoms with Crippen LogP contribution in [0.15, 0.2) is 60.7 Å². The number of likely N-dealkylation sites (tertiary alicyclic amines) is 1. The highest BCUT2D eigenvalue weighted by atomic mass is 16.6. The highest BCUT2D eigenvalue weighted by molar-refractivity contribution is 5.95. The molecule has 15 nitrogen and oxygen atoms in total. The monoisotopic (exact) mass is 862 g/mol. The lowest BCUT2D eigenvalue weighted by Gasteiger charge is -2.53. The van der Waals surface area contributed by atoms with Crippen molar-refractivity contribution >= 4 is 35.8 Å². The van der Waals surface area contributed by atoms with Crippen molar-refractivity contribution in [2.45, 2.75) is 142 Å². The van der Waals surface area contributed by atoms with Crippen molar-refractivity contribution in [1.29, 1.82) is 0 Å². The number of rotatable bonds is 19. The van der Waals surface area contributed by atoms with E-state index in [1.165, 1.54) is 0 Å². The van der Waals surface area contributed by atoms with Crippen molar-refractivity contribution < 1.29 is 38.2 Å². The normalized spacial score (nSPS) is 16.8. The molecule has 342 valence electrons. The van der Waals surface area contributed by atoms with E-state index >= 15 is 0 Å². The Morgan fingerprint density at radius 3 is 1.63 bits per heavy atom. The van der Waals surface area contributed by atoms with Crippen molar-refractivity contribution in [3.8, 4) is 0 Å². The predicted molar refractivity (Wildman–Crippen MR) is 238 cm³/mol. The van der Waals surface area contributed by atoms with Gasteiger partial charge in [0.1, 0.15) is 35.4 Å². The van der Waals surface area contributed by atoms with Gasteiger partial charge in [-0.1, -0.05) is 74.5 Å². The molecule has 4 atom stereocenters. The molecule has 2 fully saturated rings. The summed E-state index contributed by atoms with van der Waals surface area (Å²) in [4.78, 5) is 83.8. The molecule has 0 aliphatic carbocycles. The molecule has 62 heavy (non-hydrogen) atoms. The van der Waals surface area contributed by atoms with Crippen LogP contribution in [0.4, 0.5) is 9.59 Å². The Kier molecular flexibility index (Phi) is 18.2. The van der Waals surface area contributed by atoms with E-state index in [-0.39, 0.29) is 36.5 Å². The largest absolute Gasteiger partial charge is 0.444 e. The van der Waals surface area contributed by atoms with Crippen LogP contribution >= 0.6 is 0 Å². The molecule has 2 heterocycles. The lowest BCUT2D eigenvalue weighted by molar-refractivity contribution is -0.149. The number of hydrogen-bond acceptors (Lipinski definition) is 9. The number of carbonyl (C=O) groups excluding carboxylic acids is 6. The van der Waals surface area contributed by atoms with Crippen LogP contribution in [0.5, 0.6) is 0 Å². The Bertz CT molecular complexity index is 1780. The van der Waals surface area contributed by atoms with E-state index in [0.717, 1.165) is 37.1 Å². The van der Waals surface area contributed by atoms with Gasteiger partial charge in [-0.3, -0.25) is 19.2 Å². The van der Waals surface area contributed by atoms with Crippen LogP contribution in [-0.2, 0) is 41.5 Å². The van der Waals surface area contributed by atoms with E-state index in [1.54, 1.807) is 41.5 Å². The topological polar surface area (TPSA) is 196 Å². The number of hydrogen-bond donors (Lipinski definition) is 6. The molecule has 15 heteroatoms. The summed E-state index contributed by atoms with van der Waals surface area (Å²) >= 11 is 0. The van der Waals surface area contributed by atoms with Gasteiger partial charge in [0.2, 0.25) is 23.6 Å². The number of carbonyl (C=O) groups is 6. The van der Waals surface area contributed by atoms with Crippen molar-refractivity contribution in [2.75, 3.05) is 32.7 Å². The maximum Gasteiger partial charge on any atom is 0.408 e. The summed E-state index contributed by atoms with van der Waals surface area (Å²) in [5.74, 6) is -1.90. The Morgan fingerprint density at radius 2 is 1.11 bits per heavy atom. The lowest BCUT2D eigenvalue weighted by Crippen LogP contribution is -2.65. The van der Waals surface area contributed by atoms with Gasteiger partial charge in [-0.25, -0.2) is 9.59 Å². The fourth-order valence-electron chi connectivity index (χ4n) is 7.74. The quantitative estimate of drug-likeness (QED) is 0.108. The maximum absolute atomic E-state index is 14.4. The van der Waals surface area contributed by atoms with Gasteiger partial charge >= 0.3 is 12.2 Å². The zero-order chi connectivity index (χ0) is 45.5. The van der Waals surface area contributed by atoms with Crippen molar-refractivity contribution in [1.82, 2.24) is 36.8 Å². The molecule has 6 amide bonds.